The maximum absolute atomic E-state index is 12.2. The molecule has 0 aromatic heterocycles. The first-order chi connectivity index (χ1) is 12.8. The second kappa shape index (κ2) is 8.06. The van der Waals surface area contributed by atoms with E-state index in [1.165, 1.54) is 23.8 Å². The highest BCUT2D eigenvalue weighted by atomic mass is 35.5. The van der Waals surface area contributed by atoms with E-state index >= 15 is 0 Å². The molecule has 0 unspecified atom stereocenters. The maximum atomic E-state index is 12.2. The van der Waals surface area contributed by atoms with Gasteiger partial charge in [0.1, 0.15) is 17.2 Å². The van der Waals surface area contributed by atoms with Crippen LogP contribution in [0.15, 0.2) is 54.6 Å². The Morgan fingerprint density at radius 2 is 1.56 bits per heavy atom. The number of ether oxygens (including phenoxy) is 2. The third kappa shape index (κ3) is 5.28. The van der Waals surface area contributed by atoms with Crippen molar-refractivity contribution in [3.8, 4) is 17.2 Å². The summed E-state index contributed by atoms with van der Waals surface area (Å²) >= 11 is 5.98. The SMILES string of the molecule is NCCc1ccc2cc(Oc3ccc(OCC(F)(F)F)c(Cl)c3)ccc2c1. The van der Waals surface area contributed by atoms with Gasteiger partial charge >= 0.3 is 6.18 Å². The number of nitrogens with two attached hydrogens (primary N) is 1. The van der Waals surface area contributed by atoms with Crippen LogP contribution in [-0.4, -0.2) is 19.3 Å². The van der Waals surface area contributed by atoms with E-state index in [-0.39, 0.29) is 10.8 Å². The van der Waals surface area contributed by atoms with E-state index in [0.29, 0.717) is 18.0 Å². The first kappa shape index (κ1) is 19.3. The van der Waals surface area contributed by atoms with E-state index in [9.17, 15) is 13.2 Å². The number of hydrogen-bond acceptors (Lipinski definition) is 3. The zero-order valence-electron chi connectivity index (χ0n) is 14.2. The van der Waals surface area contributed by atoms with Crippen LogP contribution in [0, 0.1) is 0 Å². The lowest BCUT2D eigenvalue weighted by atomic mass is 10.0. The van der Waals surface area contributed by atoms with Gasteiger partial charge in [-0.2, -0.15) is 13.2 Å². The van der Waals surface area contributed by atoms with E-state index in [2.05, 4.69) is 10.8 Å². The van der Waals surface area contributed by atoms with Gasteiger partial charge < -0.3 is 15.2 Å². The molecule has 0 atom stereocenters. The Bertz CT molecular complexity index is 944. The molecule has 0 radical (unpaired) electrons. The molecule has 27 heavy (non-hydrogen) atoms. The third-order valence-corrected chi connectivity index (χ3v) is 4.13. The average molecular weight is 396 g/mol. The number of hydrogen-bond donors (Lipinski definition) is 1. The first-order valence-electron chi connectivity index (χ1n) is 8.24. The van der Waals surface area contributed by atoms with Crippen LogP contribution in [0.4, 0.5) is 13.2 Å². The molecule has 3 rings (SSSR count). The molecule has 0 aliphatic carbocycles. The molecule has 3 aromatic rings. The molecule has 0 amide bonds. The van der Waals surface area contributed by atoms with Gasteiger partial charge in [-0.3, -0.25) is 0 Å². The topological polar surface area (TPSA) is 44.5 Å². The molecule has 0 saturated heterocycles. The van der Waals surface area contributed by atoms with E-state index in [4.69, 9.17) is 22.1 Å². The predicted molar refractivity (Wildman–Crippen MR) is 99.8 cm³/mol. The van der Waals surface area contributed by atoms with Crippen LogP contribution >= 0.6 is 11.6 Å². The van der Waals surface area contributed by atoms with Crippen molar-refractivity contribution in [2.24, 2.45) is 5.73 Å². The highest BCUT2D eigenvalue weighted by Crippen LogP contribution is 2.33. The minimum Gasteiger partial charge on any atom is -0.483 e. The van der Waals surface area contributed by atoms with Gasteiger partial charge in [0.2, 0.25) is 0 Å². The van der Waals surface area contributed by atoms with Crippen molar-refractivity contribution in [1.29, 1.82) is 0 Å². The summed E-state index contributed by atoms with van der Waals surface area (Å²) in [6.07, 6.45) is -3.61. The molecular weight excluding hydrogens is 379 g/mol. The smallest absolute Gasteiger partial charge is 0.422 e. The lowest BCUT2D eigenvalue weighted by Crippen LogP contribution is -2.19. The van der Waals surface area contributed by atoms with Gasteiger partial charge in [0.05, 0.1) is 5.02 Å². The normalized spacial score (nSPS) is 11.6. The van der Waals surface area contributed by atoms with Crippen LogP contribution in [0.3, 0.4) is 0 Å². The van der Waals surface area contributed by atoms with Gasteiger partial charge in [-0.25, -0.2) is 0 Å². The van der Waals surface area contributed by atoms with Crippen molar-refractivity contribution in [3.05, 3.63) is 65.2 Å². The number of rotatable bonds is 6. The molecule has 0 spiro atoms. The summed E-state index contributed by atoms with van der Waals surface area (Å²) in [4.78, 5) is 0. The molecule has 142 valence electrons. The standard InChI is InChI=1S/C20H17ClF3NO2/c21-18-11-17(5-6-19(18)26-12-20(22,23)24)27-16-4-3-14-9-13(7-8-25)1-2-15(14)10-16/h1-6,9-11H,7-8,12,25H2. The van der Waals surface area contributed by atoms with Crippen molar-refractivity contribution in [3.63, 3.8) is 0 Å². The molecule has 3 nitrogen and oxygen atoms in total. The van der Waals surface area contributed by atoms with E-state index in [1.807, 2.05) is 30.3 Å². The summed E-state index contributed by atoms with van der Waals surface area (Å²) in [5, 5.41) is 2.12. The first-order valence-corrected chi connectivity index (χ1v) is 8.61. The molecule has 0 bridgehead atoms. The number of benzene rings is 3. The lowest BCUT2D eigenvalue weighted by molar-refractivity contribution is -0.153. The fourth-order valence-electron chi connectivity index (χ4n) is 2.62. The Hall–Kier alpha value is -2.44. The van der Waals surface area contributed by atoms with E-state index < -0.39 is 12.8 Å². The Balaban J connectivity index is 1.74. The highest BCUT2D eigenvalue weighted by molar-refractivity contribution is 6.32. The highest BCUT2D eigenvalue weighted by Gasteiger charge is 2.28. The van der Waals surface area contributed by atoms with Crippen LogP contribution < -0.4 is 15.2 Å². The summed E-state index contributed by atoms with van der Waals surface area (Å²) < 4.78 is 47.1. The number of alkyl halides is 3. The fourth-order valence-corrected chi connectivity index (χ4v) is 2.84. The maximum Gasteiger partial charge on any atom is 0.422 e. The van der Waals surface area contributed by atoms with Gasteiger partial charge in [-0.15, -0.1) is 0 Å². The van der Waals surface area contributed by atoms with Crippen LogP contribution in [0.25, 0.3) is 10.8 Å². The Labute approximate surface area is 159 Å². The number of fused-ring (bicyclic) bond motifs is 1. The van der Waals surface area contributed by atoms with Crippen LogP contribution in [0.1, 0.15) is 5.56 Å². The van der Waals surface area contributed by atoms with E-state index in [1.54, 1.807) is 0 Å². The third-order valence-electron chi connectivity index (χ3n) is 3.84. The van der Waals surface area contributed by atoms with E-state index in [0.717, 1.165) is 17.2 Å². The lowest BCUT2D eigenvalue weighted by Gasteiger charge is -2.12. The van der Waals surface area contributed by atoms with Gasteiger partial charge in [-0.1, -0.05) is 35.9 Å². The van der Waals surface area contributed by atoms with Gasteiger partial charge in [-0.05, 0) is 53.6 Å². The Kier molecular flexibility index (Phi) is 5.77. The van der Waals surface area contributed by atoms with Crippen molar-refractivity contribution >= 4 is 22.4 Å². The molecule has 0 aliphatic rings. The fraction of sp³-hybridized carbons (Fsp3) is 0.200. The Morgan fingerprint density at radius 3 is 2.26 bits per heavy atom. The van der Waals surface area contributed by atoms with Crippen molar-refractivity contribution in [2.75, 3.05) is 13.2 Å². The van der Waals surface area contributed by atoms with Gasteiger partial charge in [0.15, 0.2) is 6.61 Å². The summed E-state index contributed by atoms with van der Waals surface area (Å²) in [5.74, 6) is 0.944. The molecular formula is C20H17ClF3NO2. The summed E-state index contributed by atoms with van der Waals surface area (Å²) in [6, 6.07) is 16.0. The molecule has 0 saturated carbocycles. The number of halogens is 4. The van der Waals surface area contributed by atoms with Crippen LogP contribution in [0.5, 0.6) is 17.2 Å². The monoisotopic (exact) mass is 395 g/mol. The van der Waals surface area contributed by atoms with Crippen LogP contribution in [-0.2, 0) is 6.42 Å². The predicted octanol–water partition coefficient (Wildman–Crippen LogP) is 5.73. The van der Waals surface area contributed by atoms with Crippen molar-refractivity contribution < 1.29 is 22.6 Å². The summed E-state index contributed by atoms with van der Waals surface area (Å²) in [6.45, 7) is -0.806. The van der Waals surface area contributed by atoms with Crippen molar-refractivity contribution in [1.82, 2.24) is 0 Å². The second-order valence-electron chi connectivity index (χ2n) is 5.98. The molecule has 0 heterocycles. The summed E-state index contributed by atoms with van der Waals surface area (Å²) in [7, 11) is 0. The molecule has 7 heteroatoms. The minimum atomic E-state index is -4.42. The zero-order chi connectivity index (χ0) is 19.4. The molecule has 2 N–H and O–H groups in total. The average Bonchev–Trinajstić information content (AvgIpc) is 2.60. The van der Waals surface area contributed by atoms with Crippen LogP contribution in [0.2, 0.25) is 5.02 Å². The summed E-state index contributed by atoms with van der Waals surface area (Å²) in [5.41, 5.74) is 6.75. The minimum absolute atomic E-state index is 0.0453. The quantitative estimate of drug-likeness (QED) is 0.579. The molecule has 0 fully saturated rings. The van der Waals surface area contributed by atoms with Gasteiger partial charge in [0.25, 0.3) is 0 Å². The largest absolute Gasteiger partial charge is 0.483 e. The van der Waals surface area contributed by atoms with Crippen molar-refractivity contribution in [2.45, 2.75) is 12.6 Å². The Morgan fingerprint density at radius 1 is 0.889 bits per heavy atom. The van der Waals surface area contributed by atoms with Gasteiger partial charge in [0, 0.05) is 6.07 Å². The second-order valence-corrected chi connectivity index (χ2v) is 6.39. The molecule has 0 aliphatic heterocycles. The molecule has 3 aromatic carbocycles. The zero-order valence-corrected chi connectivity index (χ0v) is 15.0.